The maximum Gasteiger partial charge on any atom is 0.513 e. The molecule has 0 fully saturated rings. The lowest BCUT2D eigenvalue weighted by molar-refractivity contribution is -0.284. The summed E-state index contributed by atoms with van der Waals surface area (Å²) in [5.41, 5.74) is 1.63. The van der Waals surface area contributed by atoms with Crippen molar-refractivity contribution >= 4 is 21.5 Å². The minimum Gasteiger partial charge on any atom is -0.461 e. The van der Waals surface area contributed by atoms with Gasteiger partial charge in [-0.15, -0.1) is 6.58 Å². The minimum absolute atomic E-state index is 0.00691. The number of ether oxygens (including phenoxy) is 1. The molecule has 0 saturated heterocycles. The number of carbonyl (C=O) groups excluding carboxylic acids is 1. The van der Waals surface area contributed by atoms with Gasteiger partial charge >= 0.3 is 21.5 Å². The number of carbonyl (C=O) groups is 1. The van der Waals surface area contributed by atoms with Crippen LogP contribution < -0.4 is 28.3 Å². The average molecular weight is 695 g/mol. The molecule has 48 heavy (non-hydrogen) atoms. The van der Waals surface area contributed by atoms with Crippen LogP contribution in [0.25, 0.3) is 11.1 Å². The zero-order valence-corrected chi connectivity index (χ0v) is 27.8. The van der Waals surface area contributed by atoms with Gasteiger partial charge in [-0.3, -0.25) is 0 Å². The summed E-state index contributed by atoms with van der Waals surface area (Å²) in [7, 11) is -7.80. The molecule has 2 N–H and O–H groups in total. The molecule has 0 aromatic heterocycles. The van der Waals surface area contributed by atoms with Crippen molar-refractivity contribution in [1.82, 2.24) is 10.2 Å². The fraction of sp³-hybridized carbons (Fsp3) is 0.147. The van der Waals surface area contributed by atoms with E-state index < -0.39 is 21.5 Å². The van der Waals surface area contributed by atoms with E-state index in [4.69, 9.17) is 32.6 Å². The molecule has 0 aliphatic heterocycles. The summed E-state index contributed by atoms with van der Waals surface area (Å²) in [4.78, 5) is 21.3. The molecule has 0 bridgehead atoms. The Balaban J connectivity index is 1.41. The third kappa shape index (κ3) is 12.2. The summed E-state index contributed by atoms with van der Waals surface area (Å²) in [6.45, 7) is 7.25. The van der Waals surface area contributed by atoms with Crippen LogP contribution in [0.1, 0.15) is 0 Å². The second-order valence-corrected chi connectivity index (χ2v) is 13.0. The molecule has 0 aliphatic rings. The van der Waals surface area contributed by atoms with E-state index in [-0.39, 0.29) is 38.7 Å². The highest BCUT2D eigenvalue weighted by atomic mass is 31.2. The van der Waals surface area contributed by atoms with Crippen LogP contribution in [0.4, 0.5) is 0 Å². The fourth-order valence-corrected chi connectivity index (χ4v) is 6.53. The van der Waals surface area contributed by atoms with Gasteiger partial charge in [0.2, 0.25) is 0 Å². The molecule has 0 heterocycles. The Morgan fingerprint density at radius 1 is 0.583 bits per heavy atom. The molecule has 252 valence electrons. The lowest BCUT2D eigenvalue weighted by Crippen LogP contribution is -2.23. The van der Waals surface area contributed by atoms with Crippen molar-refractivity contribution in [3.05, 3.63) is 135 Å². The van der Waals surface area contributed by atoms with E-state index in [1.165, 1.54) is 0 Å². The first kappa shape index (κ1) is 36.2. The average Bonchev–Trinajstić information content (AvgIpc) is 3.09. The predicted octanol–water partition coefficient (Wildman–Crippen LogP) is 7.53. The Labute approximate surface area is 279 Å². The fourth-order valence-electron chi connectivity index (χ4n) is 3.87. The third-order valence-corrected chi connectivity index (χ3v) is 9.04. The monoisotopic (exact) mass is 694 g/mol. The van der Waals surface area contributed by atoms with Gasteiger partial charge in [0.25, 0.3) is 0 Å². The lowest BCUT2D eigenvalue weighted by atomic mass is 10.1. The molecular formula is C34H36N2O10P2. The summed E-state index contributed by atoms with van der Waals surface area (Å²) in [5.74, 6) is 0.668. The Morgan fingerprint density at radius 3 is 1.42 bits per heavy atom. The molecule has 2 atom stereocenters. The summed E-state index contributed by atoms with van der Waals surface area (Å²) in [5, 5.41) is 5.50. The lowest BCUT2D eigenvalue weighted by Gasteiger charge is -2.21. The molecule has 4 aromatic rings. The van der Waals surface area contributed by atoms with Crippen LogP contribution in [-0.4, -0.2) is 38.9 Å². The van der Waals surface area contributed by atoms with E-state index in [1.54, 1.807) is 109 Å². The standard InChI is InChI=1S/C34H36N2O10P2/c1-3-25-41-42-27-24-36-48(39,44-31-13-9-6-10-14-31)46-33-21-17-29(18-22-33)28-15-19-32(20-16-28)45-47(38,35-23-26-40-34(37)4-2)43-30-11-7-5-8-12-30/h3-22H,1-2,23-27H2,(H,35,38)(H,36,39). The number of hydrogen-bond donors (Lipinski definition) is 2. The van der Waals surface area contributed by atoms with Crippen LogP contribution in [-0.2, 0) is 28.4 Å². The van der Waals surface area contributed by atoms with Crippen LogP contribution in [0.15, 0.2) is 135 Å². The maximum atomic E-state index is 13.6. The van der Waals surface area contributed by atoms with Crippen molar-refractivity contribution < 1.29 is 46.5 Å². The zero-order valence-electron chi connectivity index (χ0n) is 26.0. The van der Waals surface area contributed by atoms with Gasteiger partial charge in [-0.25, -0.2) is 23.7 Å². The number of benzene rings is 4. The van der Waals surface area contributed by atoms with E-state index in [0.29, 0.717) is 17.2 Å². The first-order chi connectivity index (χ1) is 23.3. The number of nitrogens with one attached hydrogen (secondary N) is 2. The van der Waals surface area contributed by atoms with Crippen molar-refractivity contribution in [3.63, 3.8) is 0 Å². The first-order valence-electron chi connectivity index (χ1n) is 14.7. The SMILES string of the molecule is C=CCOOCCNP(=O)(Oc1ccccc1)Oc1ccc(-c2ccc(OP(=O)(NCCOC(=O)C=C)Oc3ccccc3)cc2)cc1. The summed E-state index contributed by atoms with van der Waals surface area (Å²) in [6.07, 6.45) is 2.58. The highest BCUT2D eigenvalue weighted by Crippen LogP contribution is 2.46. The largest absolute Gasteiger partial charge is 0.513 e. The van der Waals surface area contributed by atoms with Crippen molar-refractivity contribution in [2.75, 3.05) is 32.9 Å². The molecule has 0 spiro atoms. The van der Waals surface area contributed by atoms with E-state index in [2.05, 4.69) is 23.3 Å². The molecule has 0 aliphatic carbocycles. The molecule has 12 nitrogen and oxygen atoms in total. The summed E-state index contributed by atoms with van der Waals surface area (Å²) in [6, 6.07) is 31.0. The van der Waals surface area contributed by atoms with Gasteiger partial charge in [0.1, 0.15) is 36.2 Å². The van der Waals surface area contributed by atoms with Gasteiger partial charge in [-0.2, -0.15) is 10.2 Å². The molecule has 0 radical (unpaired) electrons. The van der Waals surface area contributed by atoms with Gasteiger partial charge in [-0.1, -0.05) is 73.3 Å². The highest BCUT2D eigenvalue weighted by Gasteiger charge is 2.29. The van der Waals surface area contributed by atoms with Gasteiger partial charge in [0.15, 0.2) is 0 Å². The van der Waals surface area contributed by atoms with Gasteiger partial charge in [0.05, 0.1) is 6.61 Å². The van der Waals surface area contributed by atoms with Crippen molar-refractivity contribution in [2.45, 2.75) is 0 Å². The van der Waals surface area contributed by atoms with Gasteiger partial charge in [0, 0.05) is 19.2 Å². The van der Waals surface area contributed by atoms with Crippen LogP contribution in [0, 0.1) is 0 Å². The third-order valence-electron chi connectivity index (χ3n) is 6.01. The minimum atomic E-state index is -3.93. The Kier molecular flexibility index (Phi) is 14.0. The summed E-state index contributed by atoms with van der Waals surface area (Å²) >= 11 is 0. The highest BCUT2D eigenvalue weighted by molar-refractivity contribution is 7.52. The number of esters is 1. The van der Waals surface area contributed by atoms with Crippen LogP contribution in [0.5, 0.6) is 23.0 Å². The molecule has 2 unspecified atom stereocenters. The molecule has 4 rings (SSSR count). The van der Waals surface area contributed by atoms with Crippen LogP contribution >= 0.6 is 15.5 Å². The van der Waals surface area contributed by atoms with Crippen molar-refractivity contribution in [2.24, 2.45) is 0 Å². The molecule has 0 saturated carbocycles. The second kappa shape index (κ2) is 18.6. The Morgan fingerprint density at radius 2 is 1.00 bits per heavy atom. The van der Waals surface area contributed by atoms with E-state index in [1.807, 2.05) is 6.07 Å². The molecular weight excluding hydrogens is 658 g/mol. The van der Waals surface area contributed by atoms with Gasteiger partial charge < -0.3 is 22.8 Å². The number of rotatable bonds is 21. The summed E-state index contributed by atoms with van der Waals surface area (Å²) < 4.78 is 55.2. The van der Waals surface area contributed by atoms with E-state index in [9.17, 15) is 13.9 Å². The van der Waals surface area contributed by atoms with Crippen molar-refractivity contribution in [1.29, 1.82) is 0 Å². The molecule has 14 heteroatoms. The molecule has 4 aromatic carbocycles. The molecule has 0 amide bonds. The maximum absolute atomic E-state index is 13.6. The normalized spacial score (nSPS) is 13.2. The van der Waals surface area contributed by atoms with Crippen LogP contribution in [0.3, 0.4) is 0 Å². The first-order valence-corrected chi connectivity index (χ1v) is 17.8. The predicted molar refractivity (Wildman–Crippen MR) is 182 cm³/mol. The Bertz CT molecular complexity index is 1690. The van der Waals surface area contributed by atoms with E-state index in [0.717, 1.165) is 17.2 Å². The quantitative estimate of drug-likeness (QED) is 0.0170. The van der Waals surface area contributed by atoms with E-state index >= 15 is 0 Å². The number of hydrogen-bond acceptors (Lipinski definition) is 10. The zero-order chi connectivity index (χ0) is 34.1. The Hall–Kier alpha value is -4.67. The topological polar surface area (TPSA) is 140 Å². The smallest absolute Gasteiger partial charge is 0.461 e. The van der Waals surface area contributed by atoms with Crippen molar-refractivity contribution in [3.8, 4) is 34.1 Å². The second-order valence-electron chi connectivity index (χ2n) is 9.62. The number of para-hydroxylation sites is 2. The van der Waals surface area contributed by atoms with Crippen LogP contribution in [0.2, 0.25) is 0 Å². The van der Waals surface area contributed by atoms with Gasteiger partial charge in [-0.05, 0) is 59.7 Å².